The van der Waals surface area contributed by atoms with Gasteiger partial charge in [0.15, 0.2) is 0 Å². The first kappa shape index (κ1) is 14.6. The SMILES string of the molecule is CC(c1ccccc1F)N(C)C(=O)CC(C)(C)N. The van der Waals surface area contributed by atoms with E-state index >= 15 is 0 Å². The lowest BCUT2D eigenvalue weighted by Gasteiger charge is -2.28. The Morgan fingerprint density at radius 1 is 1.44 bits per heavy atom. The van der Waals surface area contributed by atoms with E-state index in [1.54, 1.807) is 46.0 Å². The number of carbonyl (C=O) groups is 1. The van der Waals surface area contributed by atoms with Crippen LogP contribution in [0.4, 0.5) is 4.39 Å². The highest BCUT2D eigenvalue weighted by molar-refractivity contribution is 5.77. The molecule has 1 atom stereocenters. The summed E-state index contributed by atoms with van der Waals surface area (Å²) in [4.78, 5) is 13.5. The number of halogens is 1. The van der Waals surface area contributed by atoms with Gasteiger partial charge in [-0.2, -0.15) is 0 Å². The molecule has 0 aromatic heterocycles. The van der Waals surface area contributed by atoms with Crippen LogP contribution in [0.2, 0.25) is 0 Å². The molecule has 0 saturated heterocycles. The number of hydrogen-bond donors (Lipinski definition) is 1. The van der Waals surface area contributed by atoms with Gasteiger partial charge in [0.2, 0.25) is 5.91 Å². The van der Waals surface area contributed by atoms with Crippen molar-refractivity contribution >= 4 is 5.91 Å². The molecule has 0 bridgehead atoms. The molecule has 100 valence electrons. The third-order valence-corrected chi connectivity index (χ3v) is 2.94. The summed E-state index contributed by atoms with van der Waals surface area (Å²) in [5.41, 5.74) is 5.78. The van der Waals surface area contributed by atoms with Gasteiger partial charge in [0.1, 0.15) is 5.82 Å². The minimum atomic E-state index is -0.555. The van der Waals surface area contributed by atoms with Gasteiger partial charge in [-0.15, -0.1) is 0 Å². The first-order valence-electron chi connectivity index (χ1n) is 6.01. The van der Waals surface area contributed by atoms with E-state index in [1.807, 2.05) is 0 Å². The number of benzene rings is 1. The van der Waals surface area contributed by atoms with Gasteiger partial charge in [0, 0.05) is 24.6 Å². The Balaban J connectivity index is 2.82. The second-order valence-corrected chi connectivity index (χ2v) is 5.37. The molecule has 1 aromatic carbocycles. The van der Waals surface area contributed by atoms with Crippen LogP contribution in [-0.2, 0) is 4.79 Å². The van der Waals surface area contributed by atoms with E-state index in [-0.39, 0.29) is 24.2 Å². The molecule has 1 aromatic rings. The Hall–Kier alpha value is -1.42. The number of hydrogen-bond acceptors (Lipinski definition) is 2. The zero-order valence-electron chi connectivity index (χ0n) is 11.4. The molecule has 1 amide bonds. The zero-order chi connectivity index (χ0) is 13.9. The Kier molecular flexibility index (Phi) is 4.46. The average molecular weight is 252 g/mol. The van der Waals surface area contributed by atoms with E-state index in [1.165, 1.54) is 11.0 Å². The zero-order valence-corrected chi connectivity index (χ0v) is 11.4. The van der Waals surface area contributed by atoms with Gasteiger partial charge >= 0.3 is 0 Å². The highest BCUT2D eigenvalue weighted by atomic mass is 19.1. The van der Waals surface area contributed by atoms with Crippen LogP contribution in [-0.4, -0.2) is 23.4 Å². The fourth-order valence-electron chi connectivity index (χ4n) is 1.75. The minimum Gasteiger partial charge on any atom is -0.339 e. The number of amides is 1. The maximum Gasteiger partial charge on any atom is 0.224 e. The van der Waals surface area contributed by atoms with Crippen molar-refractivity contribution in [3.05, 3.63) is 35.6 Å². The molecular formula is C14H21FN2O. The van der Waals surface area contributed by atoms with E-state index in [4.69, 9.17) is 5.73 Å². The minimum absolute atomic E-state index is 0.0850. The van der Waals surface area contributed by atoms with E-state index in [0.29, 0.717) is 5.56 Å². The van der Waals surface area contributed by atoms with Crippen molar-refractivity contribution in [3.63, 3.8) is 0 Å². The largest absolute Gasteiger partial charge is 0.339 e. The number of nitrogens with two attached hydrogens (primary N) is 1. The maximum atomic E-state index is 13.6. The van der Waals surface area contributed by atoms with E-state index in [9.17, 15) is 9.18 Å². The van der Waals surface area contributed by atoms with E-state index in [0.717, 1.165) is 0 Å². The molecule has 1 rings (SSSR count). The van der Waals surface area contributed by atoms with Crippen molar-refractivity contribution in [3.8, 4) is 0 Å². The van der Waals surface area contributed by atoms with Crippen molar-refractivity contribution in [2.24, 2.45) is 5.73 Å². The molecule has 0 saturated carbocycles. The molecule has 3 nitrogen and oxygen atoms in total. The van der Waals surface area contributed by atoms with Gasteiger partial charge in [0.05, 0.1) is 6.04 Å². The van der Waals surface area contributed by atoms with Crippen LogP contribution in [0.3, 0.4) is 0 Å². The third kappa shape index (κ3) is 3.81. The van der Waals surface area contributed by atoms with E-state index in [2.05, 4.69) is 0 Å². The fraction of sp³-hybridized carbons (Fsp3) is 0.500. The van der Waals surface area contributed by atoms with Gasteiger partial charge in [-0.05, 0) is 26.8 Å². The first-order chi connectivity index (χ1) is 8.22. The second-order valence-electron chi connectivity index (χ2n) is 5.37. The second kappa shape index (κ2) is 5.48. The normalized spacial score (nSPS) is 13.2. The molecule has 0 aliphatic carbocycles. The van der Waals surface area contributed by atoms with Crippen molar-refractivity contribution < 1.29 is 9.18 Å². The first-order valence-corrected chi connectivity index (χ1v) is 6.01. The fourth-order valence-corrected chi connectivity index (χ4v) is 1.75. The lowest BCUT2D eigenvalue weighted by Crippen LogP contribution is -2.40. The van der Waals surface area contributed by atoms with E-state index < -0.39 is 5.54 Å². The number of nitrogens with zero attached hydrogens (tertiary/aromatic N) is 1. The molecule has 0 spiro atoms. The summed E-state index contributed by atoms with van der Waals surface area (Å²) in [6.07, 6.45) is 0.238. The number of rotatable bonds is 4. The lowest BCUT2D eigenvalue weighted by molar-refractivity contribution is -0.132. The van der Waals surface area contributed by atoms with Gasteiger partial charge in [-0.25, -0.2) is 4.39 Å². The van der Waals surface area contributed by atoms with Crippen molar-refractivity contribution in [1.29, 1.82) is 0 Å². The lowest BCUT2D eigenvalue weighted by atomic mass is 10.00. The van der Waals surface area contributed by atoms with Crippen molar-refractivity contribution in [2.45, 2.75) is 38.8 Å². The van der Waals surface area contributed by atoms with Gasteiger partial charge < -0.3 is 10.6 Å². The van der Waals surface area contributed by atoms with Crippen LogP contribution < -0.4 is 5.73 Å². The average Bonchev–Trinajstić information content (AvgIpc) is 2.25. The van der Waals surface area contributed by atoms with Crippen LogP contribution in [0.15, 0.2) is 24.3 Å². The van der Waals surface area contributed by atoms with Crippen LogP contribution in [0, 0.1) is 5.82 Å². The van der Waals surface area contributed by atoms with Crippen LogP contribution >= 0.6 is 0 Å². The smallest absolute Gasteiger partial charge is 0.224 e. The number of carbonyl (C=O) groups excluding carboxylic acids is 1. The molecular weight excluding hydrogens is 231 g/mol. The highest BCUT2D eigenvalue weighted by Crippen LogP contribution is 2.22. The van der Waals surface area contributed by atoms with Crippen LogP contribution in [0.1, 0.15) is 38.8 Å². The topological polar surface area (TPSA) is 46.3 Å². The molecule has 0 aliphatic heterocycles. The third-order valence-electron chi connectivity index (χ3n) is 2.94. The molecule has 0 aliphatic rings. The van der Waals surface area contributed by atoms with Crippen LogP contribution in [0.25, 0.3) is 0 Å². The quantitative estimate of drug-likeness (QED) is 0.894. The van der Waals surface area contributed by atoms with Crippen LogP contribution in [0.5, 0.6) is 0 Å². The summed E-state index contributed by atoms with van der Waals surface area (Å²) in [5.74, 6) is -0.380. The summed E-state index contributed by atoms with van der Waals surface area (Å²) >= 11 is 0. The van der Waals surface area contributed by atoms with Gasteiger partial charge in [-0.1, -0.05) is 18.2 Å². The molecule has 0 fully saturated rings. The molecule has 2 N–H and O–H groups in total. The summed E-state index contributed by atoms with van der Waals surface area (Å²) in [5, 5.41) is 0. The molecule has 0 radical (unpaired) electrons. The highest BCUT2D eigenvalue weighted by Gasteiger charge is 2.24. The Labute approximate surface area is 108 Å². The molecule has 4 heteroatoms. The Bertz CT molecular complexity index is 426. The predicted molar refractivity (Wildman–Crippen MR) is 70.5 cm³/mol. The molecule has 0 heterocycles. The Morgan fingerprint density at radius 3 is 2.50 bits per heavy atom. The predicted octanol–water partition coefficient (Wildman–Crippen LogP) is 2.47. The van der Waals surface area contributed by atoms with Gasteiger partial charge in [0.25, 0.3) is 0 Å². The summed E-state index contributed by atoms with van der Waals surface area (Å²) < 4.78 is 13.6. The standard InChI is InChI=1S/C14H21FN2O/c1-10(11-7-5-6-8-12(11)15)17(4)13(18)9-14(2,3)16/h5-8,10H,9,16H2,1-4H3. The van der Waals surface area contributed by atoms with Gasteiger partial charge in [-0.3, -0.25) is 4.79 Å². The molecule has 18 heavy (non-hydrogen) atoms. The molecule has 1 unspecified atom stereocenters. The van der Waals surface area contributed by atoms with Crippen molar-refractivity contribution in [2.75, 3.05) is 7.05 Å². The summed E-state index contributed by atoms with van der Waals surface area (Å²) in [7, 11) is 1.67. The monoisotopic (exact) mass is 252 g/mol. The van der Waals surface area contributed by atoms with Crippen molar-refractivity contribution in [1.82, 2.24) is 4.90 Å². The summed E-state index contributed by atoms with van der Waals surface area (Å²) in [6.45, 7) is 5.40. The maximum absolute atomic E-state index is 13.6. The summed E-state index contributed by atoms with van der Waals surface area (Å²) in [6, 6.07) is 6.19. The Morgan fingerprint density at radius 2 is 2.00 bits per heavy atom.